The summed E-state index contributed by atoms with van der Waals surface area (Å²) in [7, 11) is 0. The van der Waals surface area contributed by atoms with Crippen LogP contribution in [0.25, 0.3) is 5.65 Å². The van der Waals surface area contributed by atoms with E-state index in [1.54, 1.807) is 30.3 Å². The van der Waals surface area contributed by atoms with Gasteiger partial charge in [0.15, 0.2) is 11.5 Å². The summed E-state index contributed by atoms with van der Waals surface area (Å²) in [5, 5.41) is 18.2. The van der Waals surface area contributed by atoms with Crippen LogP contribution in [0, 0.1) is 0 Å². The number of carbonyl (C=O) groups is 2. The van der Waals surface area contributed by atoms with Gasteiger partial charge in [0, 0.05) is 23.4 Å². The zero-order valence-corrected chi connectivity index (χ0v) is 17.9. The van der Waals surface area contributed by atoms with Crippen LogP contribution >= 0.6 is 0 Å². The van der Waals surface area contributed by atoms with E-state index in [0.717, 1.165) is 12.1 Å². The highest BCUT2D eigenvalue weighted by Crippen LogP contribution is 2.30. The molecule has 0 spiro atoms. The number of fused-ring (bicyclic) bond motifs is 1. The molecule has 9 nitrogen and oxygen atoms in total. The zero-order valence-electron chi connectivity index (χ0n) is 17.9. The normalized spacial score (nSPS) is 11.3. The second kappa shape index (κ2) is 9.81. The molecule has 0 unspecified atom stereocenters. The Hall–Kier alpha value is -4.45. The van der Waals surface area contributed by atoms with Crippen molar-refractivity contribution < 1.29 is 32.6 Å². The molecule has 2 aromatic heterocycles. The van der Waals surface area contributed by atoms with Gasteiger partial charge in [0.1, 0.15) is 5.75 Å². The number of nitrogens with one attached hydrogen (secondary N) is 2. The van der Waals surface area contributed by atoms with Gasteiger partial charge in [0.05, 0.1) is 24.8 Å². The topological polar surface area (TPSA) is 118 Å². The highest BCUT2D eigenvalue weighted by atomic mass is 19.4. The van der Waals surface area contributed by atoms with Crippen molar-refractivity contribution in [3.63, 3.8) is 0 Å². The fourth-order valence-electron chi connectivity index (χ4n) is 3.08. The number of rotatable bonds is 7. The molecule has 0 atom stereocenters. The second-order valence-corrected chi connectivity index (χ2v) is 7.28. The number of alkyl halides is 3. The van der Waals surface area contributed by atoms with Gasteiger partial charge < -0.3 is 20.5 Å². The van der Waals surface area contributed by atoms with Crippen molar-refractivity contribution in [3.05, 3.63) is 78.0 Å². The molecule has 0 fully saturated rings. The summed E-state index contributed by atoms with van der Waals surface area (Å²) >= 11 is 0. The van der Waals surface area contributed by atoms with Crippen molar-refractivity contribution in [2.45, 2.75) is 12.6 Å². The van der Waals surface area contributed by atoms with E-state index in [0.29, 0.717) is 17.1 Å². The molecule has 4 aromatic rings. The van der Waals surface area contributed by atoms with E-state index in [-0.39, 0.29) is 30.3 Å². The fourth-order valence-corrected chi connectivity index (χ4v) is 3.08. The number of benzene rings is 2. The average Bonchev–Trinajstić information content (AvgIpc) is 3.20. The van der Waals surface area contributed by atoms with Crippen molar-refractivity contribution >= 4 is 29.0 Å². The predicted molar refractivity (Wildman–Crippen MR) is 119 cm³/mol. The Labute approximate surface area is 196 Å². The maximum absolute atomic E-state index is 12.9. The molecule has 2 heterocycles. The minimum Gasteiger partial charge on any atom is -0.438 e. The van der Waals surface area contributed by atoms with Gasteiger partial charge >= 0.3 is 6.18 Å². The van der Waals surface area contributed by atoms with E-state index in [1.807, 2.05) is 0 Å². The van der Waals surface area contributed by atoms with Gasteiger partial charge in [-0.25, -0.2) is 9.50 Å². The smallest absolute Gasteiger partial charge is 0.416 e. The Morgan fingerprint density at radius 2 is 1.83 bits per heavy atom. The van der Waals surface area contributed by atoms with Gasteiger partial charge in [0.25, 0.3) is 5.91 Å². The predicted octanol–water partition coefficient (Wildman–Crippen LogP) is 4.11. The average molecular weight is 485 g/mol. The maximum atomic E-state index is 12.9. The van der Waals surface area contributed by atoms with Crippen LogP contribution in [0.3, 0.4) is 0 Å². The maximum Gasteiger partial charge on any atom is 0.416 e. The van der Waals surface area contributed by atoms with Crippen molar-refractivity contribution in [1.82, 2.24) is 14.6 Å². The molecule has 0 saturated heterocycles. The lowest BCUT2D eigenvalue weighted by Crippen LogP contribution is -2.13. The Kier molecular flexibility index (Phi) is 6.64. The van der Waals surface area contributed by atoms with E-state index in [2.05, 4.69) is 20.7 Å². The molecule has 3 N–H and O–H groups in total. The number of aliphatic hydroxyl groups is 1. The SMILES string of the molecule is O=C(CCO)Nc1cn2nc(Oc3cccc(NC(=O)c4cccc(C(F)(F)F)c4)c3)ccc2n1. The number of imidazole rings is 1. The van der Waals surface area contributed by atoms with Gasteiger partial charge in [-0.3, -0.25) is 9.59 Å². The van der Waals surface area contributed by atoms with Crippen LogP contribution in [0.2, 0.25) is 0 Å². The lowest BCUT2D eigenvalue weighted by atomic mass is 10.1. The summed E-state index contributed by atoms with van der Waals surface area (Å²) in [5.74, 6) is -0.342. The first-order chi connectivity index (χ1) is 16.7. The fraction of sp³-hybridized carbons (Fsp3) is 0.130. The molecular formula is C23H18F3N5O4. The van der Waals surface area contributed by atoms with Crippen LogP contribution in [0.1, 0.15) is 22.3 Å². The molecule has 0 aliphatic carbocycles. The summed E-state index contributed by atoms with van der Waals surface area (Å²) < 4.78 is 45.9. The lowest BCUT2D eigenvalue weighted by Gasteiger charge is -2.10. The molecule has 35 heavy (non-hydrogen) atoms. The van der Waals surface area contributed by atoms with Gasteiger partial charge in [-0.2, -0.15) is 13.2 Å². The molecule has 0 bridgehead atoms. The number of halogens is 3. The molecule has 0 radical (unpaired) electrons. The number of aliphatic hydroxyl groups excluding tert-OH is 1. The number of amides is 2. The Bertz CT molecular complexity index is 1390. The summed E-state index contributed by atoms with van der Waals surface area (Å²) in [6.07, 6.45) is -3.14. The number of anilines is 2. The minimum atomic E-state index is -4.56. The highest BCUT2D eigenvalue weighted by molar-refractivity contribution is 6.04. The monoisotopic (exact) mass is 485 g/mol. The molecular weight excluding hydrogens is 467 g/mol. The van der Waals surface area contributed by atoms with Crippen LogP contribution in [0.4, 0.5) is 24.7 Å². The first kappa shape index (κ1) is 23.7. The van der Waals surface area contributed by atoms with Crippen molar-refractivity contribution in [1.29, 1.82) is 0 Å². The molecule has 4 rings (SSSR count). The van der Waals surface area contributed by atoms with Crippen LogP contribution in [-0.4, -0.2) is 38.1 Å². The number of ether oxygens (including phenoxy) is 1. The number of hydrogen-bond donors (Lipinski definition) is 3. The third-order valence-corrected chi connectivity index (χ3v) is 4.67. The molecule has 0 aliphatic rings. The summed E-state index contributed by atoms with van der Waals surface area (Å²) in [6.45, 7) is -0.283. The van der Waals surface area contributed by atoms with Crippen LogP contribution < -0.4 is 15.4 Å². The van der Waals surface area contributed by atoms with Crippen molar-refractivity contribution in [2.24, 2.45) is 0 Å². The summed E-state index contributed by atoms with van der Waals surface area (Å²) in [5.41, 5.74) is -0.305. The number of nitrogens with zero attached hydrogens (tertiary/aromatic N) is 3. The van der Waals surface area contributed by atoms with Gasteiger partial charge in [-0.05, 0) is 36.4 Å². The van der Waals surface area contributed by atoms with Crippen LogP contribution in [0.5, 0.6) is 11.6 Å². The van der Waals surface area contributed by atoms with E-state index < -0.39 is 23.6 Å². The number of hydrogen-bond acceptors (Lipinski definition) is 6. The standard InChI is InChI=1S/C23H18F3N5O4/c24-23(25,26)15-4-1-3-14(11-15)22(34)27-16-5-2-6-17(12-16)35-21-8-7-19-28-18(13-31(19)30-21)29-20(33)9-10-32/h1-8,11-13,32H,9-10H2,(H,27,34)(H,29,33). The Morgan fingerprint density at radius 3 is 2.60 bits per heavy atom. The summed E-state index contributed by atoms with van der Waals surface area (Å²) in [4.78, 5) is 28.2. The number of aromatic nitrogens is 3. The van der Waals surface area contributed by atoms with Crippen molar-refractivity contribution in [2.75, 3.05) is 17.2 Å². The van der Waals surface area contributed by atoms with Gasteiger partial charge in [0.2, 0.25) is 11.8 Å². The third kappa shape index (κ3) is 5.92. The quantitative estimate of drug-likeness (QED) is 0.363. The Balaban J connectivity index is 1.46. The van der Waals surface area contributed by atoms with E-state index in [9.17, 15) is 22.8 Å². The minimum absolute atomic E-state index is 0.0592. The largest absolute Gasteiger partial charge is 0.438 e. The molecule has 2 aromatic carbocycles. The zero-order chi connectivity index (χ0) is 25.0. The Morgan fingerprint density at radius 1 is 1.03 bits per heavy atom. The first-order valence-corrected chi connectivity index (χ1v) is 10.2. The third-order valence-electron chi connectivity index (χ3n) is 4.67. The van der Waals surface area contributed by atoms with Crippen molar-refractivity contribution in [3.8, 4) is 11.6 Å². The second-order valence-electron chi connectivity index (χ2n) is 7.28. The first-order valence-electron chi connectivity index (χ1n) is 10.2. The highest BCUT2D eigenvalue weighted by Gasteiger charge is 2.30. The van der Waals surface area contributed by atoms with Crippen LogP contribution in [-0.2, 0) is 11.0 Å². The molecule has 0 saturated carbocycles. The van der Waals surface area contributed by atoms with Crippen LogP contribution in [0.15, 0.2) is 66.9 Å². The number of carbonyl (C=O) groups excluding carboxylic acids is 2. The molecule has 0 aliphatic heterocycles. The van der Waals surface area contributed by atoms with E-state index in [1.165, 1.54) is 28.9 Å². The molecule has 12 heteroatoms. The van der Waals surface area contributed by atoms with E-state index in [4.69, 9.17) is 9.84 Å². The van der Waals surface area contributed by atoms with Gasteiger partial charge in [-0.1, -0.05) is 12.1 Å². The molecule has 2 amide bonds. The van der Waals surface area contributed by atoms with Gasteiger partial charge in [-0.15, -0.1) is 5.10 Å². The van der Waals surface area contributed by atoms with E-state index >= 15 is 0 Å². The lowest BCUT2D eigenvalue weighted by molar-refractivity contribution is -0.137. The summed E-state index contributed by atoms with van der Waals surface area (Å²) in [6, 6.07) is 13.6. The molecule has 180 valence electrons.